The minimum atomic E-state index is -0.140. The second kappa shape index (κ2) is 8.64. The van der Waals surface area contributed by atoms with E-state index in [1.807, 2.05) is 51.2 Å². The van der Waals surface area contributed by atoms with E-state index in [0.29, 0.717) is 22.1 Å². The summed E-state index contributed by atoms with van der Waals surface area (Å²) in [5.41, 5.74) is 3.77. The van der Waals surface area contributed by atoms with Gasteiger partial charge in [0.1, 0.15) is 0 Å². The Kier molecular flexibility index (Phi) is 6.23. The summed E-state index contributed by atoms with van der Waals surface area (Å²) in [6.45, 7) is 4.73. The molecule has 28 heavy (non-hydrogen) atoms. The molecule has 0 aliphatic heterocycles. The minimum absolute atomic E-state index is 0.140. The molecule has 0 saturated carbocycles. The SMILES string of the molecule is Cc1cccc(-n2nnn(C[NH+](C)CC(=O)Nc3ccccc3Cl)c2=S)c1C. The molecular weight excluding hydrogens is 396 g/mol. The van der Waals surface area contributed by atoms with Crippen LogP contribution in [0.2, 0.25) is 5.02 Å². The number of likely N-dealkylation sites (N-methyl/N-ethyl adjacent to an activating group) is 1. The molecule has 0 bridgehead atoms. The lowest BCUT2D eigenvalue weighted by Crippen LogP contribution is -3.09. The number of aryl methyl sites for hydroxylation is 1. The van der Waals surface area contributed by atoms with E-state index in [-0.39, 0.29) is 12.5 Å². The van der Waals surface area contributed by atoms with Crippen molar-refractivity contribution in [2.75, 3.05) is 18.9 Å². The fraction of sp³-hybridized carbons (Fsp3) is 0.263. The number of benzene rings is 2. The number of nitrogens with one attached hydrogen (secondary N) is 2. The number of rotatable bonds is 6. The standard InChI is InChI=1S/C19H21ClN6OS/c1-13-7-6-10-17(14(13)2)26-19(28)25(22-23-26)12-24(3)11-18(27)21-16-9-5-4-8-15(16)20/h4-10H,11-12H2,1-3H3,(H,21,27)/p+1. The molecular formula is C19H22ClN6OS+. The molecule has 1 heterocycles. The Bertz CT molecular complexity index is 1060. The lowest BCUT2D eigenvalue weighted by atomic mass is 10.1. The van der Waals surface area contributed by atoms with E-state index in [1.165, 1.54) is 0 Å². The van der Waals surface area contributed by atoms with Crippen molar-refractivity contribution in [3.63, 3.8) is 0 Å². The number of hydrogen-bond donors (Lipinski definition) is 2. The van der Waals surface area contributed by atoms with Crippen LogP contribution in [0.25, 0.3) is 5.69 Å². The zero-order valence-corrected chi connectivity index (χ0v) is 17.5. The number of aromatic nitrogens is 4. The molecule has 3 rings (SSSR count). The molecule has 0 saturated heterocycles. The van der Waals surface area contributed by atoms with Crippen molar-refractivity contribution in [2.24, 2.45) is 0 Å². The Hall–Kier alpha value is -2.55. The number of tetrazole rings is 1. The number of halogens is 1. The molecule has 0 fully saturated rings. The van der Waals surface area contributed by atoms with Gasteiger partial charge in [-0.25, -0.2) is 0 Å². The van der Waals surface area contributed by atoms with Gasteiger partial charge in [-0.1, -0.05) is 35.9 Å². The molecule has 1 aromatic heterocycles. The van der Waals surface area contributed by atoms with Gasteiger partial charge >= 0.3 is 0 Å². The zero-order chi connectivity index (χ0) is 20.3. The van der Waals surface area contributed by atoms with Crippen LogP contribution in [0.3, 0.4) is 0 Å². The van der Waals surface area contributed by atoms with Gasteiger partial charge < -0.3 is 10.2 Å². The van der Waals surface area contributed by atoms with Crippen LogP contribution in [0, 0.1) is 18.6 Å². The number of amides is 1. The van der Waals surface area contributed by atoms with Crippen LogP contribution in [0.5, 0.6) is 0 Å². The average Bonchev–Trinajstić information content (AvgIpc) is 2.99. The van der Waals surface area contributed by atoms with E-state index in [4.69, 9.17) is 23.8 Å². The lowest BCUT2D eigenvalue weighted by molar-refractivity contribution is -0.895. The minimum Gasteiger partial charge on any atom is -0.320 e. The molecule has 7 nitrogen and oxygen atoms in total. The summed E-state index contributed by atoms with van der Waals surface area (Å²) in [5.74, 6) is -0.140. The third-order valence-corrected chi connectivity index (χ3v) is 5.19. The number of carbonyl (C=O) groups excluding carboxylic acids is 1. The monoisotopic (exact) mass is 417 g/mol. The second-order valence-corrected chi connectivity index (χ2v) is 7.48. The van der Waals surface area contributed by atoms with Crippen molar-refractivity contribution in [3.8, 4) is 5.69 Å². The van der Waals surface area contributed by atoms with Crippen LogP contribution in [0.1, 0.15) is 11.1 Å². The molecule has 146 valence electrons. The molecule has 0 radical (unpaired) electrons. The molecule has 0 spiro atoms. The third kappa shape index (κ3) is 4.46. The summed E-state index contributed by atoms with van der Waals surface area (Å²) in [7, 11) is 1.89. The van der Waals surface area contributed by atoms with Crippen molar-refractivity contribution in [1.82, 2.24) is 19.8 Å². The van der Waals surface area contributed by atoms with E-state index < -0.39 is 0 Å². The first-order chi connectivity index (χ1) is 13.4. The maximum atomic E-state index is 12.3. The van der Waals surface area contributed by atoms with E-state index in [0.717, 1.165) is 21.7 Å². The second-order valence-electron chi connectivity index (χ2n) is 6.71. The molecule has 3 aromatic rings. The summed E-state index contributed by atoms with van der Waals surface area (Å²) in [4.78, 5) is 13.2. The largest absolute Gasteiger partial charge is 0.320 e. The maximum absolute atomic E-state index is 12.3. The summed E-state index contributed by atoms with van der Waals surface area (Å²) in [5, 5.41) is 11.7. The fourth-order valence-electron chi connectivity index (χ4n) is 2.83. The highest BCUT2D eigenvalue weighted by Gasteiger charge is 2.15. The van der Waals surface area contributed by atoms with Gasteiger partial charge in [0.15, 0.2) is 13.2 Å². The number of hydrogen-bond acceptors (Lipinski definition) is 4. The number of carbonyl (C=O) groups is 1. The molecule has 2 N–H and O–H groups in total. The van der Waals surface area contributed by atoms with Crippen LogP contribution in [-0.2, 0) is 11.5 Å². The van der Waals surface area contributed by atoms with Gasteiger partial charge in [-0.3, -0.25) is 4.79 Å². The topological polar surface area (TPSA) is 69.2 Å². The summed E-state index contributed by atoms with van der Waals surface area (Å²) in [6, 6.07) is 13.1. The van der Waals surface area contributed by atoms with Crippen molar-refractivity contribution < 1.29 is 9.69 Å². The quantitative estimate of drug-likeness (QED) is 0.603. The van der Waals surface area contributed by atoms with Crippen LogP contribution < -0.4 is 10.2 Å². The Balaban J connectivity index is 1.68. The first kappa shape index (κ1) is 20.2. The number of nitrogens with zero attached hydrogens (tertiary/aromatic N) is 4. The van der Waals surface area contributed by atoms with Crippen molar-refractivity contribution >= 4 is 35.4 Å². The predicted octanol–water partition coefficient (Wildman–Crippen LogP) is 2.18. The highest BCUT2D eigenvalue weighted by molar-refractivity contribution is 7.71. The van der Waals surface area contributed by atoms with Gasteiger partial charge in [-0.05, 0) is 65.8 Å². The third-order valence-electron chi connectivity index (χ3n) is 4.47. The Labute approximate surface area is 173 Å². The van der Waals surface area contributed by atoms with E-state index in [1.54, 1.807) is 21.5 Å². The first-order valence-corrected chi connectivity index (χ1v) is 9.60. The van der Waals surface area contributed by atoms with Crippen molar-refractivity contribution in [1.29, 1.82) is 0 Å². The molecule has 1 atom stereocenters. The predicted molar refractivity (Wildman–Crippen MR) is 111 cm³/mol. The fourth-order valence-corrected chi connectivity index (χ4v) is 3.25. The van der Waals surface area contributed by atoms with Crippen LogP contribution >= 0.6 is 23.8 Å². The van der Waals surface area contributed by atoms with Gasteiger partial charge in [0.05, 0.1) is 23.4 Å². The molecule has 0 aliphatic carbocycles. The summed E-state index contributed by atoms with van der Waals surface area (Å²) >= 11 is 11.6. The summed E-state index contributed by atoms with van der Waals surface area (Å²) in [6.07, 6.45) is 0. The highest BCUT2D eigenvalue weighted by Crippen LogP contribution is 2.20. The highest BCUT2D eigenvalue weighted by atomic mass is 35.5. The van der Waals surface area contributed by atoms with Gasteiger partial charge in [-0.15, -0.1) is 0 Å². The smallest absolute Gasteiger partial charge is 0.279 e. The number of quaternary nitrogens is 1. The molecule has 2 aromatic carbocycles. The Morgan fingerprint density at radius 1 is 1.18 bits per heavy atom. The van der Waals surface area contributed by atoms with Crippen LogP contribution in [0.4, 0.5) is 5.69 Å². The zero-order valence-electron chi connectivity index (χ0n) is 15.9. The van der Waals surface area contributed by atoms with E-state index >= 15 is 0 Å². The Morgan fingerprint density at radius 3 is 2.68 bits per heavy atom. The normalized spacial score (nSPS) is 12.0. The molecule has 1 unspecified atom stereocenters. The molecule has 1 amide bonds. The number of anilines is 1. The average molecular weight is 418 g/mol. The van der Waals surface area contributed by atoms with Crippen LogP contribution in [0.15, 0.2) is 42.5 Å². The van der Waals surface area contributed by atoms with Crippen molar-refractivity contribution in [2.45, 2.75) is 20.5 Å². The van der Waals surface area contributed by atoms with Gasteiger partial charge in [-0.2, -0.15) is 9.36 Å². The van der Waals surface area contributed by atoms with Gasteiger partial charge in [0.2, 0.25) is 4.77 Å². The lowest BCUT2D eigenvalue weighted by Gasteiger charge is -2.13. The molecule has 0 aliphatic rings. The summed E-state index contributed by atoms with van der Waals surface area (Å²) < 4.78 is 3.75. The van der Waals surface area contributed by atoms with Gasteiger partial charge in [0.25, 0.3) is 5.91 Å². The van der Waals surface area contributed by atoms with Crippen molar-refractivity contribution in [3.05, 3.63) is 63.4 Å². The first-order valence-electron chi connectivity index (χ1n) is 8.82. The maximum Gasteiger partial charge on any atom is 0.279 e. The van der Waals surface area contributed by atoms with E-state index in [2.05, 4.69) is 15.7 Å². The van der Waals surface area contributed by atoms with Crippen LogP contribution in [-0.4, -0.2) is 39.3 Å². The van der Waals surface area contributed by atoms with Gasteiger partial charge in [0, 0.05) is 0 Å². The number of para-hydroxylation sites is 1. The molecule has 9 heteroatoms. The van der Waals surface area contributed by atoms with E-state index in [9.17, 15) is 4.79 Å². The Morgan fingerprint density at radius 2 is 1.93 bits per heavy atom.